The first kappa shape index (κ1) is 23.0. The molecule has 160 valence electrons. The molecule has 2 unspecified atom stereocenters. The minimum atomic E-state index is -4.23. The molecule has 2 rings (SSSR count). The lowest BCUT2D eigenvalue weighted by molar-refractivity contribution is 0.0532. The van der Waals surface area contributed by atoms with Crippen molar-refractivity contribution in [3.63, 3.8) is 0 Å². The van der Waals surface area contributed by atoms with E-state index in [4.69, 9.17) is 9.47 Å². The fourth-order valence-electron chi connectivity index (χ4n) is 3.78. The zero-order chi connectivity index (χ0) is 20.6. The van der Waals surface area contributed by atoms with Crippen molar-refractivity contribution >= 4 is 10.1 Å². The number of unbranched alkanes of at least 4 members (excludes halogenated alkanes) is 6. The first-order chi connectivity index (χ1) is 13.3. The van der Waals surface area contributed by atoms with E-state index in [9.17, 15) is 13.0 Å². The number of fused-ring (bicyclic) bond motifs is 1. The van der Waals surface area contributed by atoms with Gasteiger partial charge in [0.05, 0.1) is 0 Å². The van der Waals surface area contributed by atoms with E-state index in [2.05, 4.69) is 13.8 Å². The van der Waals surface area contributed by atoms with Crippen LogP contribution in [-0.4, -0.2) is 24.0 Å². The van der Waals surface area contributed by atoms with Crippen LogP contribution >= 0.6 is 0 Å². The molecule has 5 nitrogen and oxygen atoms in total. The molecule has 1 N–H and O–H groups in total. The highest BCUT2D eigenvalue weighted by Crippen LogP contribution is 2.38. The van der Waals surface area contributed by atoms with E-state index >= 15 is 0 Å². The lowest BCUT2D eigenvalue weighted by Gasteiger charge is -2.36. The van der Waals surface area contributed by atoms with Crippen LogP contribution < -0.4 is 9.47 Å². The van der Waals surface area contributed by atoms with Gasteiger partial charge in [0.2, 0.25) is 5.44 Å². The second-order valence-corrected chi connectivity index (χ2v) is 9.72. The number of ether oxygens (including phenoxy) is 2. The molecule has 0 saturated heterocycles. The van der Waals surface area contributed by atoms with E-state index in [1.54, 1.807) is 13.0 Å². The first-order valence-corrected chi connectivity index (χ1v) is 12.2. The van der Waals surface area contributed by atoms with Gasteiger partial charge in [0, 0.05) is 0 Å². The molecule has 2 atom stereocenters. The van der Waals surface area contributed by atoms with Gasteiger partial charge in [-0.15, -0.1) is 0 Å². The predicted octanol–water partition coefficient (Wildman–Crippen LogP) is 5.91. The fourth-order valence-corrected chi connectivity index (χ4v) is 4.43. The van der Waals surface area contributed by atoms with Gasteiger partial charge in [-0.25, -0.2) is 0 Å². The topological polar surface area (TPSA) is 72.8 Å². The Kier molecular flexibility index (Phi) is 8.62. The van der Waals surface area contributed by atoms with Crippen LogP contribution in [0.3, 0.4) is 0 Å². The summed E-state index contributed by atoms with van der Waals surface area (Å²) >= 11 is 0. The third-order valence-electron chi connectivity index (χ3n) is 5.55. The highest BCUT2D eigenvalue weighted by Gasteiger charge is 2.31. The molecule has 0 spiro atoms. The SMILES string of the molecule is CCCCCCCCCC1(C)CCc2cc(OC(CC)S(=O)(=O)O)ccc2O1. The van der Waals surface area contributed by atoms with E-state index in [0.29, 0.717) is 5.75 Å². The quantitative estimate of drug-likeness (QED) is 0.341. The van der Waals surface area contributed by atoms with Crippen LogP contribution in [0.2, 0.25) is 0 Å². The van der Waals surface area contributed by atoms with E-state index in [1.165, 1.54) is 44.9 Å². The smallest absolute Gasteiger partial charge is 0.303 e. The Bertz CT molecular complexity index is 716. The number of aryl methyl sites for hydroxylation is 1. The lowest BCUT2D eigenvalue weighted by atomic mass is 9.88. The van der Waals surface area contributed by atoms with Gasteiger partial charge in [0.25, 0.3) is 0 Å². The molecule has 0 bridgehead atoms. The molecule has 1 aromatic carbocycles. The molecular formula is C22H36O5S. The number of benzene rings is 1. The van der Waals surface area contributed by atoms with Crippen LogP contribution in [-0.2, 0) is 16.5 Å². The molecule has 1 aromatic rings. The molecule has 0 aliphatic carbocycles. The van der Waals surface area contributed by atoms with E-state index in [0.717, 1.165) is 30.6 Å². The van der Waals surface area contributed by atoms with Crippen molar-refractivity contribution in [2.75, 3.05) is 0 Å². The van der Waals surface area contributed by atoms with Crippen LogP contribution in [0.1, 0.15) is 90.5 Å². The molecule has 1 aliphatic rings. The maximum absolute atomic E-state index is 11.3. The average molecular weight is 413 g/mol. The summed E-state index contributed by atoms with van der Waals surface area (Å²) in [5.74, 6) is 1.30. The fraction of sp³-hybridized carbons (Fsp3) is 0.727. The Morgan fingerprint density at radius 2 is 1.82 bits per heavy atom. The minimum absolute atomic E-state index is 0.140. The summed E-state index contributed by atoms with van der Waals surface area (Å²) in [5.41, 5.74) is -0.350. The van der Waals surface area contributed by atoms with Gasteiger partial charge in [0.15, 0.2) is 0 Å². The molecule has 0 aromatic heterocycles. The zero-order valence-electron chi connectivity index (χ0n) is 17.6. The number of hydrogen-bond acceptors (Lipinski definition) is 4. The second kappa shape index (κ2) is 10.5. The number of rotatable bonds is 12. The highest BCUT2D eigenvalue weighted by molar-refractivity contribution is 7.86. The van der Waals surface area contributed by atoms with Crippen molar-refractivity contribution in [2.24, 2.45) is 0 Å². The minimum Gasteiger partial charge on any atom is -0.487 e. The Balaban J connectivity index is 1.87. The Labute approximate surface area is 170 Å². The molecular weight excluding hydrogens is 376 g/mol. The summed E-state index contributed by atoms with van der Waals surface area (Å²) in [6.07, 6.45) is 12.1. The molecule has 0 saturated carbocycles. The second-order valence-electron chi connectivity index (χ2n) is 8.16. The maximum Gasteiger partial charge on any atom is 0.303 e. The average Bonchev–Trinajstić information content (AvgIpc) is 2.64. The summed E-state index contributed by atoms with van der Waals surface area (Å²) in [6.45, 7) is 6.09. The largest absolute Gasteiger partial charge is 0.487 e. The Morgan fingerprint density at radius 3 is 2.46 bits per heavy atom. The summed E-state index contributed by atoms with van der Waals surface area (Å²) in [5, 5.41) is 0. The summed E-state index contributed by atoms with van der Waals surface area (Å²) in [4.78, 5) is 0. The molecule has 28 heavy (non-hydrogen) atoms. The highest BCUT2D eigenvalue weighted by atomic mass is 32.2. The van der Waals surface area contributed by atoms with E-state index in [-0.39, 0.29) is 12.0 Å². The number of hydrogen-bond donors (Lipinski definition) is 1. The molecule has 1 aliphatic heterocycles. The van der Waals surface area contributed by atoms with Gasteiger partial charge in [0.1, 0.15) is 17.1 Å². The van der Waals surface area contributed by atoms with E-state index < -0.39 is 15.6 Å². The van der Waals surface area contributed by atoms with E-state index in [1.807, 2.05) is 12.1 Å². The van der Waals surface area contributed by atoms with Gasteiger partial charge < -0.3 is 9.47 Å². The Morgan fingerprint density at radius 1 is 1.14 bits per heavy atom. The zero-order valence-corrected chi connectivity index (χ0v) is 18.4. The van der Waals surface area contributed by atoms with Crippen LogP contribution in [0.15, 0.2) is 18.2 Å². The van der Waals surface area contributed by atoms with Crippen molar-refractivity contribution in [2.45, 2.75) is 102 Å². The van der Waals surface area contributed by atoms with Crippen molar-refractivity contribution in [3.8, 4) is 11.5 Å². The van der Waals surface area contributed by atoms with Crippen molar-refractivity contribution in [1.29, 1.82) is 0 Å². The molecule has 6 heteroatoms. The molecule has 0 radical (unpaired) electrons. The molecule has 1 heterocycles. The van der Waals surface area contributed by atoms with Crippen LogP contribution in [0.4, 0.5) is 0 Å². The van der Waals surface area contributed by atoms with Gasteiger partial charge in [-0.2, -0.15) is 8.42 Å². The standard InChI is InChI=1S/C22H36O5S/c1-4-6-7-8-9-10-11-15-22(3)16-14-18-17-19(12-13-20(18)27-22)26-21(5-2)28(23,24)25/h12-13,17,21H,4-11,14-16H2,1-3H3,(H,23,24,25). The van der Waals surface area contributed by atoms with Crippen molar-refractivity contribution < 1.29 is 22.4 Å². The van der Waals surface area contributed by atoms with Gasteiger partial charge in [-0.05, 0) is 62.8 Å². The predicted molar refractivity (Wildman–Crippen MR) is 113 cm³/mol. The van der Waals surface area contributed by atoms with Crippen LogP contribution in [0, 0.1) is 0 Å². The van der Waals surface area contributed by atoms with Crippen LogP contribution in [0.5, 0.6) is 11.5 Å². The summed E-state index contributed by atoms with van der Waals surface area (Å²) < 4.78 is 43.7. The molecule has 0 amide bonds. The third kappa shape index (κ3) is 6.96. The normalized spacial score (nSPS) is 20.3. The Hall–Kier alpha value is -1.27. The summed E-state index contributed by atoms with van der Waals surface area (Å²) in [7, 11) is -4.23. The van der Waals surface area contributed by atoms with Gasteiger partial charge in [-0.3, -0.25) is 4.55 Å². The van der Waals surface area contributed by atoms with Crippen LogP contribution in [0.25, 0.3) is 0 Å². The monoisotopic (exact) mass is 412 g/mol. The first-order valence-electron chi connectivity index (χ1n) is 10.7. The van der Waals surface area contributed by atoms with Gasteiger partial charge >= 0.3 is 10.1 Å². The maximum atomic E-state index is 11.3. The van der Waals surface area contributed by atoms with Crippen molar-refractivity contribution in [3.05, 3.63) is 23.8 Å². The lowest BCUT2D eigenvalue weighted by Crippen LogP contribution is -2.36. The molecule has 0 fully saturated rings. The third-order valence-corrected chi connectivity index (χ3v) is 6.65. The van der Waals surface area contributed by atoms with Crippen molar-refractivity contribution in [1.82, 2.24) is 0 Å². The van der Waals surface area contributed by atoms with Gasteiger partial charge in [-0.1, -0.05) is 52.4 Å². The summed E-state index contributed by atoms with van der Waals surface area (Å²) in [6, 6.07) is 5.40.